The van der Waals surface area contributed by atoms with Gasteiger partial charge in [-0.05, 0) is 18.2 Å². The minimum Gasteiger partial charge on any atom is -0.368 e. The van der Waals surface area contributed by atoms with Gasteiger partial charge in [-0.25, -0.2) is 9.97 Å². The van der Waals surface area contributed by atoms with E-state index < -0.39 is 0 Å². The van der Waals surface area contributed by atoms with Crippen molar-refractivity contribution in [3.63, 3.8) is 0 Å². The van der Waals surface area contributed by atoms with Crippen molar-refractivity contribution in [3.05, 3.63) is 30.5 Å². The summed E-state index contributed by atoms with van der Waals surface area (Å²) in [4.78, 5) is 20.4. The smallest absolute Gasteiger partial charge is 0.234 e. The fourth-order valence-electron chi connectivity index (χ4n) is 1.78. The molecule has 0 fully saturated rings. The molecule has 0 bridgehead atoms. The Morgan fingerprint density at radius 2 is 2.22 bits per heavy atom. The predicted molar refractivity (Wildman–Crippen MR) is 71.2 cm³/mol. The van der Waals surface area contributed by atoms with E-state index in [9.17, 15) is 4.79 Å². The lowest BCUT2D eigenvalue weighted by Gasteiger charge is -2.16. The van der Waals surface area contributed by atoms with Crippen LogP contribution in [-0.2, 0) is 4.79 Å². The Bertz CT molecular complexity index is 629. The van der Waals surface area contributed by atoms with Gasteiger partial charge in [0.25, 0.3) is 0 Å². The first-order chi connectivity index (χ1) is 8.72. The van der Waals surface area contributed by atoms with Crippen LogP contribution in [0.15, 0.2) is 35.4 Å². The van der Waals surface area contributed by atoms with Crippen LogP contribution in [0.5, 0.6) is 0 Å². The molecule has 0 unspecified atom stereocenters. The number of benzene rings is 1. The number of amides is 1. The fraction of sp³-hybridized carbons (Fsp3) is 0.0833. The summed E-state index contributed by atoms with van der Waals surface area (Å²) in [6.07, 6.45) is 1.62. The van der Waals surface area contributed by atoms with Gasteiger partial charge < -0.3 is 11.1 Å². The minimum atomic E-state index is 0.0202. The van der Waals surface area contributed by atoms with E-state index in [0.29, 0.717) is 5.75 Å². The Labute approximate surface area is 108 Å². The molecule has 2 heterocycles. The largest absolute Gasteiger partial charge is 0.368 e. The molecule has 18 heavy (non-hydrogen) atoms. The third-order valence-corrected chi connectivity index (χ3v) is 3.66. The summed E-state index contributed by atoms with van der Waals surface area (Å²) >= 11 is 1.53. The molecule has 0 aliphatic carbocycles. The van der Waals surface area contributed by atoms with Crippen molar-refractivity contribution in [2.24, 2.45) is 0 Å². The molecule has 6 heteroatoms. The van der Waals surface area contributed by atoms with Crippen molar-refractivity contribution in [1.82, 2.24) is 9.97 Å². The third-order valence-electron chi connectivity index (χ3n) is 2.58. The lowest BCUT2D eigenvalue weighted by molar-refractivity contribution is -0.113. The number of nitrogen functional groups attached to an aromatic ring is 1. The highest BCUT2D eigenvalue weighted by Crippen LogP contribution is 2.34. The normalized spacial score (nSPS) is 13.9. The van der Waals surface area contributed by atoms with Gasteiger partial charge in [-0.1, -0.05) is 6.07 Å². The van der Waals surface area contributed by atoms with E-state index in [1.807, 2.05) is 18.2 Å². The summed E-state index contributed by atoms with van der Waals surface area (Å²) in [5, 5.41) is 2.85. The highest BCUT2D eigenvalue weighted by Gasteiger charge is 2.16. The minimum absolute atomic E-state index is 0.0202. The van der Waals surface area contributed by atoms with Gasteiger partial charge in [0.15, 0.2) is 0 Å². The highest BCUT2D eigenvalue weighted by molar-refractivity contribution is 8.00. The molecule has 0 radical (unpaired) electrons. The SMILES string of the molecule is Nc1nccc(-c2ccc3c(c2)NC(=O)CS3)n1. The van der Waals surface area contributed by atoms with Crippen LogP contribution in [0.4, 0.5) is 11.6 Å². The average molecular weight is 258 g/mol. The number of anilines is 2. The molecule has 1 aromatic carbocycles. The van der Waals surface area contributed by atoms with Gasteiger partial charge in [-0.2, -0.15) is 0 Å². The number of thioether (sulfide) groups is 1. The van der Waals surface area contributed by atoms with Gasteiger partial charge in [-0.15, -0.1) is 11.8 Å². The maximum Gasteiger partial charge on any atom is 0.234 e. The zero-order valence-corrected chi connectivity index (χ0v) is 10.2. The number of carbonyl (C=O) groups excluding carboxylic acids is 1. The summed E-state index contributed by atoms with van der Waals surface area (Å²) in [5.74, 6) is 0.725. The number of carbonyl (C=O) groups is 1. The van der Waals surface area contributed by atoms with Crippen molar-refractivity contribution in [2.45, 2.75) is 4.90 Å². The van der Waals surface area contributed by atoms with Gasteiger partial charge >= 0.3 is 0 Å². The monoisotopic (exact) mass is 258 g/mol. The molecule has 1 aromatic heterocycles. The lowest BCUT2D eigenvalue weighted by atomic mass is 10.1. The van der Waals surface area contributed by atoms with Crippen LogP contribution in [0.3, 0.4) is 0 Å². The molecule has 5 nitrogen and oxygen atoms in total. The molecule has 0 atom stereocenters. The van der Waals surface area contributed by atoms with E-state index in [1.165, 1.54) is 11.8 Å². The Hall–Kier alpha value is -2.08. The maximum atomic E-state index is 11.4. The van der Waals surface area contributed by atoms with Crippen molar-refractivity contribution in [2.75, 3.05) is 16.8 Å². The van der Waals surface area contributed by atoms with Gasteiger partial charge in [0.05, 0.1) is 17.1 Å². The number of aromatic nitrogens is 2. The lowest BCUT2D eigenvalue weighted by Crippen LogP contribution is -2.18. The van der Waals surface area contributed by atoms with Crippen LogP contribution < -0.4 is 11.1 Å². The number of rotatable bonds is 1. The molecule has 3 rings (SSSR count). The van der Waals surface area contributed by atoms with Gasteiger partial charge in [0.1, 0.15) is 0 Å². The van der Waals surface area contributed by atoms with Crippen molar-refractivity contribution >= 4 is 29.3 Å². The zero-order chi connectivity index (χ0) is 12.5. The van der Waals surface area contributed by atoms with Crippen molar-refractivity contribution < 1.29 is 4.79 Å². The summed E-state index contributed by atoms with van der Waals surface area (Å²) in [6, 6.07) is 7.63. The quantitative estimate of drug-likeness (QED) is 0.814. The van der Waals surface area contributed by atoms with E-state index in [2.05, 4.69) is 15.3 Å². The highest BCUT2D eigenvalue weighted by atomic mass is 32.2. The first-order valence-electron chi connectivity index (χ1n) is 5.38. The molecular formula is C12H10N4OS. The first-order valence-corrected chi connectivity index (χ1v) is 6.36. The van der Waals surface area contributed by atoms with E-state index in [0.717, 1.165) is 21.8 Å². The molecule has 1 aliphatic heterocycles. The Morgan fingerprint density at radius 1 is 1.33 bits per heavy atom. The second-order valence-corrected chi connectivity index (χ2v) is 4.87. The number of hydrogen-bond donors (Lipinski definition) is 2. The molecule has 90 valence electrons. The third kappa shape index (κ3) is 2.02. The van der Waals surface area contributed by atoms with Crippen LogP contribution in [-0.4, -0.2) is 21.6 Å². The predicted octanol–water partition coefficient (Wildman–Crippen LogP) is 1.77. The van der Waals surface area contributed by atoms with Crippen molar-refractivity contribution in [3.8, 4) is 11.3 Å². The summed E-state index contributed by atoms with van der Waals surface area (Å²) in [5.41, 5.74) is 8.04. The maximum absolute atomic E-state index is 11.4. The Morgan fingerprint density at radius 3 is 3.06 bits per heavy atom. The molecule has 2 aromatic rings. The van der Waals surface area contributed by atoms with Crippen LogP contribution in [0.1, 0.15) is 0 Å². The van der Waals surface area contributed by atoms with Gasteiger partial charge in [-0.3, -0.25) is 4.79 Å². The van der Waals surface area contributed by atoms with Gasteiger partial charge in [0.2, 0.25) is 11.9 Å². The number of hydrogen-bond acceptors (Lipinski definition) is 5. The zero-order valence-electron chi connectivity index (χ0n) is 9.38. The molecular weight excluding hydrogens is 248 g/mol. The number of nitrogens with zero attached hydrogens (tertiary/aromatic N) is 2. The molecule has 0 saturated carbocycles. The first kappa shape index (κ1) is 11.0. The fourth-order valence-corrected chi connectivity index (χ4v) is 2.57. The summed E-state index contributed by atoms with van der Waals surface area (Å²) in [6.45, 7) is 0. The van der Waals surface area contributed by atoms with E-state index in [-0.39, 0.29) is 11.9 Å². The molecule has 0 spiro atoms. The van der Waals surface area contributed by atoms with Crippen LogP contribution in [0.2, 0.25) is 0 Å². The average Bonchev–Trinajstić information content (AvgIpc) is 2.38. The van der Waals surface area contributed by atoms with Gasteiger partial charge in [0, 0.05) is 16.7 Å². The summed E-state index contributed by atoms with van der Waals surface area (Å²) in [7, 11) is 0. The molecule has 1 amide bonds. The van der Waals surface area contributed by atoms with E-state index in [4.69, 9.17) is 5.73 Å². The second kappa shape index (κ2) is 4.30. The molecule has 0 saturated heterocycles. The number of nitrogens with two attached hydrogens (primary N) is 1. The van der Waals surface area contributed by atoms with Crippen LogP contribution >= 0.6 is 11.8 Å². The standard InChI is InChI=1S/C12H10N4OS/c13-12-14-4-3-8(16-12)7-1-2-10-9(5-7)15-11(17)6-18-10/h1-5H,6H2,(H,15,17)(H2,13,14,16). The molecule has 1 aliphatic rings. The van der Waals surface area contributed by atoms with Crippen molar-refractivity contribution in [1.29, 1.82) is 0 Å². The van der Waals surface area contributed by atoms with E-state index in [1.54, 1.807) is 12.3 Å². The Kier molecular flexibility index (Phi) is 2.64. The Balaban J connectivity index is 2.04. The molecule has 3 N–H and O–H groups in total. The van der Waals surface area contributed by atoms with E-state index >= 15 is 0 Å². The second-order valence-electron chi connectivity index (χ2n) is 3.85. The number of fused-ring (bicyclic) bond motifs is 1. The number of nitrogens with one attached hydrogen (secondary N) is 1. The van der Waals surface area contributed by atoms with Crippen LogP contribution in [0.25, 0.3) is 11.3 Å². The summed E-state index contributed by atoms with van der Waals surface area (Å²) < 4.78 is 0. The topological polar surface area (TPSA) is 80.9 Å². The van der Waals surface area contributed by atoms with Crippen LogP contribution in [0, 0.1) is 0 Å².